The number of aryl methyl sites for hydroxylation is 1. The van der Waals surface area contributed by atoms with Crippen molar-refractivity contribution in [1.29, 1.82) is 0 Å². The number of nitrogens with zero attached hydrogens (tertiary/aromatic N) is 1. The van der Waals surface area contributed by atoms with Gasteiger partial charge < -0.3 is 19.7 Å². The summed E-state index contributed by atoms with van der Waals surface area (Å²) >= 11 is 0. The largest absolute Gasteiger partial charge is 0.484 e. The van der Waals surface area contributed by atoms with Crippen LogP contribution >= 0.6 is 0 Å². The minimum absolute atomic E-state index is 0.0136. The molecule has 6 nitrogen and oxygen atoms in total. The number of anilines is 1. The van der Waals surface area contributed by atoms with Crippen molar-refractivity contribution in [2.75, 3.05) is 38.2 Å². The highest BCUT2D eigenvalue weighted by molar-refractivity contribution is 5.99. The molecule has 1 N–H and O–H groups in total. The van der Waals surface area contributed by atoms with Gasteiger partial charge in [0.15, 0.2) is 6.61 Å². The zero-order chi connectivity index (χ0) is 22.4. The third-order valence-corrected chi connectivity index (χ3v) is 6.53. The molecule has 2 amide bonds. The predicted octanol–water partition coefficient (Wildman–Crippen LogP) is 4.07. The van der Waals surface area contributed by atoms with Crippen molar-refractivity contribution in [2.45, 2.75) is 44.4 Å². The van der Waals surface area contributed by atoms with E-state index in [1.54, 1.807) is 12.1 Å². The number of likely N-dealkylation sites (tertiary alicyclic amines) is 1. The number of piperidine rings is 1. The van der Waals surface area contributed by atoms with Gasteiger partial charge in [-0.3, -0.25) is 9.59 Å². The van der Waals surface area contributed by atoms with Crippen molar-refractivity contribution in [1.82, 2.24) is 4.90 Å². The molecule has 6 heteroatoms. The molecule has 2 aromatic rings. The Morgan fingerprint density at radius 2 is 1.75 bits per heavy atom. The molecule has 2 aliphatic rings. The van der Waals surface area contributed by atoms with Crippen LogP contribution in [0, 0.1) is 6.92 Å². The van der Waals surface area contributed by atoms with E-state index in [2.05, 4.69) is 11.4 Å². The maximum absolute atomic E-state index is 13.4. The monoisotopic (exact) mass is 436 g/mol. The quantitative estimate of drug-likeness (QED) is 0.741. The highest BCUT2D eigenvalue weighted by atomic mass is 16.5. The van der Waals surface area contributed by atoms with Crippen molar-refractivity contribution in [2.24, 2.45) is 0 Å². The third-order valence-electron chi connectivity index (χ3n) is 6.53. The van der Waals surface area contributed by atoms with E-state index in [1.165, 1.54) is 6.42 Å². The second-order valence-electron chi connectivity index (χ2n) is 8.77. The first-order chi connectivity index (χ1) is 15.6. The van der Waals surface area contributed by atoms with Crippen LogP contribution in [-0.2, 0) is 19.7 Å². The summed E-state index contributed by atoms with van der Waals surface area (Å²) in [6.07, 6.45) is 4.63. The topological polar surface area (TPSA) is 67.9 Å². The molecule has 2 aromatic carbocycles. The molecule has 2 fully saturated rings. The summed E-state index contributed by atoms with van der Waals surface area (Å²) in [5.41, 5.74) is 2.29. The summed E-state index contributed by atoms with van der Waals surface area (Å²) in [4.78, 5) is 27.6. The molecule has 0 radical (unpaired) electrons. The van der Waals surface area contributed by atoms with Gasteiger partial charge >= 0.3 is 0 Å². The summed E-state index contributed by atoms with van der Waals surface area (Å²) in [6, 6.07) is 15.4. The highest BCUT2D eigenvalue weighted by Crippen LogP contribution is 2.36. The first kappa shape index (κ1) is 22.3. The predicted molar refractivity (Wildman–Crippen MR) is 124 cm³/mol. The van der Waals surface area contributed by atoms with E-state index >= 15 is 0 Å². The SMILES string of the molecule is Cc1cccc(C2(C(=O)Nc3ccc(OCC(=O)N4CCCCC4)cc3)CCOCC2)c1. The van der Waals surface area contributed by atoms with Crippen molar-refractivity contribution in [3.8, 4) is 5.75 Å². The molecule has 2 heterocycles. The Bertz CT molecular complexity index is 929. The van der Waals surface area contributed by atoms with Crippen molar-refractivity contribution < 1.29 is 19.1 Å². The van der Waals surface area contributed by atoms with Crippen molar-refractivity contribution in [3.63, 3.8) is 0 Å². The summed E-state index contributed by atoms with van der Waals surface area (Å²) in [5.74, 6) is 0.634. The summed E-state index contributed by atoms with van der Waals surface area (Å²) < 4.78 is 11.2. The van der Waals surface area contributed by atoms with E-state index in [-0.39, 0.29) is 18.4 Å². The van der Waals surface area contributed by atoms with Gasteiger partial charge in [0.25, 0.3) is 5.91 Å². The van der Waals surface area contributed by atoms with Gasteiger partial charge in [0.2, 0.25) is 5.91 Å². The van der Waals surface area contributed by atoms with Crippen LogP contribution in [-0.4, -0.2) is 49.6 Å². The van der Waals surface area contributed by atoms with Gasteiger partial charge in [-0.1, -0.05) is 29.8 Å². The first-order valence-corrected chi connectivity index (χ1v) is 11.5. The van der Waals surface area contributed by atoms with E-state index in [0.29, 0.717) is 37.5 Å². The zero-order valence-electron chi connectivity index (χ0n) is 18.8. The van der Waals surface area contributed by atoms with E-state index in [4.69, 9.17) is 9.47 Å². The fraction of sp³-hybridized carbons (Fsp3) is 0.462. The molecule has 2 saturated heterocycles. The fourth-order valence-electron chi connectivity index (χ4n) is 4.57. The van der Waals surface area contributed by atoms with E-state index in [9.17, 15) is 9.59 Å². The molecule has 0 atom stereocenters. The van der Waals surface area contributed by atoms with Gasteiger partial charge in [-0.15, -0.1) is 0 Å². The van der Waals surface area contributed by atoms with E-state index in [0.717, 1.165) is 37.1 Å². The van der Waals surface area contributed by atoms with Gasteiger partial charge in [-0.25, -0.2) is 0 Å². The number of benzene rings is 2. The maximum atomic E-state index is 13.4. The molecule has 0 saturated carbocycles. The standard InChI is InChI=1S/C26H32N2O4/c1-20-6-5-7-21(18-20)26(12-16-31-17-13-26)25(30)27-22-8-10-23(11-9-22)32-19-24(29)28-14-3-2-4-15-28/h5-11,18H,2-4,12-17,19H2,1H3,(H,27,30). The van der Waals surface area contributed by atoms with Gasteiger partial charge in [0, 0.05) is 32.0 Å². The Hall–Kier alpha value is -2.86. The van der Waals surface area contributed by atoms with E-state index in [1.807, 2.05) is 42.2 Å². The molecule has 0 spiro atoms. The van der Waals surface area contributed by atoms with Gasteiger partial charge in [0.1, 0.15) is 5.75 Å². The van der Waals surface area contributed by atoms with Gasteiger partial charge in [-0.05, 0) is 68.9 Å². The number of carbonyl (C=O) groups is 2. The number of nitrogens with one attached hydrogen (secondary N) is 1. The number of hydrogen-bond donors (Lipinski definition) is 1. The molecule has 0 aliphatic carbocycles. The molecule has 4 rings (SSSR count). The van der Waals surface area contributed by atoms with Crippen molar-refractivity contribution >= 4 is 17.5 Å². The summed E-state index contributed by atoms with van der Waals surface area (Å²) in [7, 11) is 0. The van der Waals surface area contributed by atoms with Gasteiger partial charge in [-0.2, -0.15) is 0 Å². The van der Waals surface area contributed by atoms with Crippen LogP contribution in [0.2, 0.25) is 0 Å². The Kier molecular flexibility index (Phi) is 7.10. The summed E-state index contributed by atoms with van der Waals surface area (Å²) in [6.45, 7) is 4.87. The smallest absolute Gasteiger partial charge is 0.260 e. The van der Waals surface area contributed by atoms with Crippen LogP contribution < -0.4 is 10.1 Å². The maximum Gasteiger partial charge on any atom is 0.260 e. The fourth-order valence-corrected chi connectivity index (χ4v) is 4.57. The lowest BCUT2D eigenvalue weighted by Crippen LogP contribution is -2.44. The Morgan fingerprint density at radius 1 is 1.03 bits per heavy atom. The average molecular weight is 437 g/mol. The van der Waals surface area contributed by atoms with Crippen molar-refractivity contribution in [3.05, 3.63) is 59.7 Å². The van der Waals surface area contributed by atoms with Crippen LogP contribution in [0.1, 0.15) is 43.2 Å². The van der Waals surface area contributed by atoms with Crippen LogP contribution in [0.5, 0.6) is 5.75 Å². The Morgan fingerprint density at radius 3 is 2.44 bits per heavy atom. The van der Waals surface area contributed by atoms with Crippen LogP contribution in [0.25, 0.3) is 0 Å². The average Bonchev–Trinajstić information content (AvgIpc) is 2.84. The molecule has 0 unspecified atom stereocenters. The molecule has 0 aromatic heterocycles. The molecular formula is C26H32N2O4. The number of amides is 2. The van der Waals surface area contributed by atoms with E-state index < -0.39 is 5.41 Å². The van der Waals surface area contributed by atoms with Crippen LogP contribution in [0.15, 0.2) is 48.5 Å². The van der Waals surface area contributed by atoms with Crippen LogP contribution in [0.3, 0.4) is 0 Å². The number of ether oxygens (including phenoxy) is 2. The second-order valence-corrected chi connectivity index (χ2v) is 8.77. The molecule has 32 heavy (non-hydrogen) atoms. The molecule has 0 bridgehead atoms. The number of carbonyl (C=O) groups excluding carboxylic acids is 2. The minimum Gasteiger partial charge on any atom is -0.484 e. The number of hydrogen-bond acceptors (Lipinski definition) is 4. The lowest BCUT2D eigenvalue weighted by Gasteiger charge is -2.36. The normalized spacial score (nSPS) is 18.1. The molecule has 170 valence electrons. The summed E-state index contributed by atoms with van der Waals surface area (Å²) in [5, 5.41) is 3.09. The Labute approximate surface area is 189 Å². The second kappa shape index (κ2) is 10.2. The minimum atomic E-state index is -0.597. The Balaban J connectivity index is 1.39. The van der Waals surface area contributed by atoms with Crippen LogP contribution in [0.4, 0.5) is 5.69 Å². The molecular weight excluding hydrogens is 404 g/mol. The number of rotatable bonds is 6. The lowest BCUT2D eigenvalue weighted by molar-refractivity contribution is -0.134. The zero-order valence-corrected chi connectivity index (χ0v) is 18.8. The molecule has 2 aliphatic heterocycles. The highest BCUT2D eigenvalue weighted by Gasteiger charge is 2.41. The lowest BCUT2D eigenvalue weighted by atomic mass is 9.73. The van der Waals surface area contributed by atoms with Gasteiger partial charge in [0.05, 0.1) is 5.41 Å². The third kappa shape index (κ3) is 5.13. The first-order valence-electron chi connectivity index (χ1n) is 11.5.